The highest BCUT2D eigenvalue weighted by Crippen LogP contribution is 2.26. The molecule has 4 nitrogen and oxygen atoms in total. The Hall–Kier alpha value is -1.98. The minimum absolute atomic E-state index is 0.0328. The number of likely N-dealkylation sites (N-methyl/N-ethyl adjacent to an activating group) is 1. The number of hydrogen-bond donors (Lipinski definition) is 0. The van der Waals surface area contributed by atoms with Crippen LogP contribution in [-0.4, -0.2) is 52.9 Å². The molecule has 1 amide bonds. The molecule has 1 fully saturated rings. The van der Waals surface area contributed by atoms with Gasteiger partial charge in [-0.15, -0.1) is 0 Å². The summed E-state index contributed by atoms with van der Waals surface area (Å²) in [5.41, 5.74) is 1.80. The molecule has 0 aliphatic carbocycles. The Morgan fingerprint density at radius 2 is 1.71 bits per heavy atom. The molecule has 0 saturated carbocycles. The van der Waals surface area contributed by atoms with Crippen molar-refractivity contribution < 1.29 is 9.00 Å². The average molecular weight is 342 g/mol. The number of benzene rings is 2. The van der Waals surface area contributed by atoms with Gasteiger partial charge in [0.2, 0.25) is 0 Å². The molecule has 1 saturated heterocycles. The van der Waals surface area contributed by atoms with Crippen LogP contribution in [0, 0.1) is 0 Å². The molecule has 0 aromatic heterocycles. The van der Waals surface area contributed by atoms with Crippen molar-refractivity contribution in [2.45, 2.75) is 10.9 Å². The first-order valence-electron chi connectivity index (χ1n) is 8.04. The summed E-state index contributed by atoms with van der Waals surface area (Å²) in [6, 6.07) is 17.3. The third-order valence-corrected chi connectivity index (χ3v) is 5.40. The van der Waals surface area contributed by atoms with Crippen molar-refractivity contribution in [1.82, 2.24) is 9.80 Å². The highest BCUT2D eigenvalue weighted by atomic mass is 32.2. The summed E-state index contributed by atoms with van der Waals surface area (Å²) < 4.78 is 11.5. The predicted molar refractivity (Wildman–Crippen MR) is 96.5 cm³/mol. The van der Waals surface area contributed by atoms with Gasteiger partial charge in [-0.1, -0.05) is 30.3 Å². The van der Waals surface area contributed by atoms with Crippen molar-refractivity contribution in [2.75, 3.05) is 32.9 Å². The van der Waals surface area contributed by atoms with Crippen LogP contribution in [0.4, 0.5) is 0 Å². The maximum absolute atomic E-state index is 13.0. The van der Waals surface area contributed by atoms with E-state index in [0.717, 1.165) is 23.5 Å². The fourth-order valence-corrected chi connectivity index (χ4v) is 3.60. The van der Waals surface area contributed by atoms with Crippen LogP contribution in [0.2, 0.25) is 0 Å². The molecule has 2 aromatic carbocycles. The maximum Gasteiger partial charge on any atom is 0.254 e. The monoisotopic (exact) mass is 342 g/mol. The zero-order chi connectivity index (χ0) is 17.1. The first kappa shape index (κ1) is 16.9. The van der Waals surface area contributed by atoms with Crippen LogP contribution in [0.5, 0.6) is 0 Å². The standard InChI is InChI=1S/C19H22N2O2S/c1-20-12-13-21(18(14-20)15-6-4-3-5-7-15)19(22)16-8-10-17(11-9-16)24(2)23/h3-11,18H,12-14H2,1-2H3/t18-,24+/m1/s1. The van der Waals surface area contributed by atoms with E-state index in [-0.39, 0.29) is 11.9 Å². The summed E-state index contributed by atoms with van der Waals surface area (Å²) in [5, 5.41) is 0. The molecule has 1 heterocycles. The van der Waals surface area contributed by atoms with Crippen LogP contribution in [-0.2, 0) is 10.8 Å². The first-order valence-corrected chi connectivity index (χ1v) is 9.60. The van der Waals surface area contributed by atoms with E-state index < -0.39 is 10.8 Å². The van der Waals surface area contributed by atoms with Crippen molar-refractivity contribution in [3.63, 3.8) is 0 Å². The van der Waals surface area contributed by atoms with Crippen LogP contribution in [0.25, 0.3) is 0 Å². The van der Waals surface area contributed by atoms with Gasteiger partial charge in [-0.3, -0.25) is 9.00 Å². The molecule has 0 bridgehead atoms. The van der Waals surface area contributed by atoms with Gasteiger partial charge in [-0.2, -0.15) is 0 Å². The molecule has 1 aliphatic heterocycles. The highest BCUT2D eigenvalue weighted by Gasteiger charge is 2.30. The fraction of sp³-hybridized carbons (Fsp3) is 0.316. The normalized spacial score (nSPS) is 19.9. The zero-order valence-corrected chi connectivity index (χ0v) is 14.8. The Morgan fingerprint density at radius 1 is 1.04 bits per heavy atom. The number of carbonyl (C=O) groups is 1. The summed E-state index contributed by atoms with van der Waals surface area (Å²) in [5.74, 6) is 0.0328. The largest absolute Gasteiger partial charge is 0.329 e. The number of piperazine rings is 1. The molecule has 2 aromatic rings. The van der Waals surface area contributed by atoms with Crippen molar-refractivity contribution >= 4 is 16.7 Å². The van der Waals surface area contributed by atoms with Crippen molar-refractivity contribution in [3.8, 4) is 0 Å². The third kappa shape index (κ3) is 3.57. The van der Waals surface area contributed by atoms with Gasteiger partial charge in [-0.25, -0.2) is 0 Å². The Bertz CT molecular complexity index is 731. The summed E-state index contributed by atoms with van der Waals surface area (Å²) in [7, 11) is 1.06. The van der Waals surface area contributed by atoms with Crippen molar-refractivity contribution in [1.29, 1.82) is 0 Å². The van der Waals surface area contributed by atoms with E-state index in [0.29, 0.717) is 12.1 Å². The zero-order valence-electron chi connectivity index (χ0n) is 14.0. The lowest BCUT2D eigenvalue weighted by molar-refractivity contribution is 0.0498. The number of rotatable bonds is 3. The first-order chi connectivity index (χ1) is 11.6. The van der Waals surface area contributed by atoms with Gasteiger partial charge < -0.3 is 9.80 Å². The number of hydrogen-bond acceptors (Lipinski definition) is 3. The average Bonchev–Trinajstić information content (AvgIpc) is 2.62. The van der Waals surface area contributed by atoms with Crippen LogP contribution in [0.1, 0.15) is 22.0 Å². The lowest BCUT2D eigenvalue weighted by Crippen LogP contribution is -2.49. The molecule has 1 aliphatic rings. The topological polar surface area (TPSA) is 40.6 Å². The molecule has 0 N–H and O–H groups in total. The quantitative estimate of drug-likeness (QED) is 0.861. The highest BCUT2D eigenvalue weighted by molar-refractivity contribution is 7.84. The predicted octanol–water partition coefficient (Wildman–Crippen LogP) is 2.55. The van der Waals surface area contributed by atoms with Gasteiger partial charge >= 0.3 is 0 Å². The lowest BCUT2D eigenvalue weighted by Gasteiger charge is -2.40. The van der Waals surface area contributed by atoms with Crippen LogP contribution in [0.3, 0.4) is 0 Å². The summed E-state index contributed by atoms with van der Waals surface area (Å²) in [6.07, 6.45) is 1.64. The second kappa shape index (κ2) is 7.28. The number of carbonyl (C=O) groups excluding carboxylic acids is 1. The Kier molecular flexibility index (Phi) is 5.11. The third-order valence-electron chi connectivity index (χ3n) is 4.46. The van der Waals surface area contributed by atoms with E-state index in [1.165, 1.54) is 0 Å². The second-order valence-electron chi connectivity index (χ2n) is 6.17. The maximum atomic E-state index is 13.0. The van der Waals surface area contributed by atoms with Gasteiger partial charge in [-0.05, 0) is 36.9 Å². The molecular formula is C19H22N2O2S. The van der Waals surface area contributed by atoms with E-state index in [4.69, 9.17) is 0 Å². The summed E-state index contributed by atoms with van der Waals surface area (Å²) >= 11 is 0. The fourth-order valence-electron chi connectivity index (χ4n) is 3.08. The van der Waals surface area contributed by atoms with E-state index in [1.807, 2.05) is 23.1 Å². The molecule has 2 atom stereocenters. The van der Waals surface area contributed by atoms with Gasteiger partial charge in [0, 0.05) is 47.1 Å². The molecule has 0 radical (unpaired) electrons. The van der Waals surface area contributed by atoms with Gasteiger partial charge in [0.25, 0.3) is 5.91 Å². The minimum Gasteiger partial charge on any atom is -0.329 e. The molecular weight excluding hydrogens is 320 g/mol. The minimum atomic E-state index is -1.03. The van der Waals surface area contributed by atoms with Crippen LogP contribution < -0.4 is 0 Å². The molecule has 0 spiro atoms. The Labute approximate surface area is 145 Å². The van der Waals surface area contributed by atoms with Gasteiger partial charge in [0.05, 0.1) is 6.04 Å². The Morgan fingerprint density at radius 3 is 2.33 bits per heavy atom. The molecule has 0 unspecified atom stereocenters. The summed E-state index contributed by atoms with van der Waals surface area (Å²) in [6.45, 7) is 2.40. The molecule has 24 heavy (non-hydrogen) atoms. The molecule has 3 rings (SSSR count). The second-order valence-corrected chi connectivity index (χ2v) is 7.55. The van der Waals surface area contributed by atoms with Gasteiger partial charge in [0.15, 0.2) is 0 Å². The van der Waals surface area contributed by atoms with E-state index in [2.05, 4.69) is 24.1 Å². The number of amides is 1. The lowest BCUT2D eigenvalue weighted by atomic mass is 10.0. The number of nitrogens with zero attached hydrogens (tertiary/aromatic N) is 2. The SMILES string of the molecule is CN1CCN(C(=O)c2ccc([S@](C)=O)cc2)[C@@H](c2ccccc2)C1. The smallest absolute Gasteiger partial charge is 0.254 e. The van der Waals surface area contributed by atoms with Crippen LogP contribution in [0.15, 0.2) is 59.5 Å². The molecule has 126 valence electrons. The van der Waals surface area contributed by atoms with Gasteiger partial charge in [0.1, 0.15) is 0 Å². The van der Waals surface area contributed by atoms with E-state index in [1.54, 1.807) is 30.5 Å². The van der Waals surface area contributed by atoms with E-state index >= 15 is 0 Å². The van der Waals surface area contributed by atoms with E-state index in [9.17, 15) is 9.00 Å². The molecule has 5 heteroatoms. The Balaban J connectivity index is 1.87. The van der Waals surface area contributed by atoms with Crippen molar-refractivity contribution in [3.05, 3.63) is 65.7 Å². The summed E-state index contributed by atoms with van der Waals surface area (Å²) in [4.78, 5) is 17.9. The van der Waals surface area contributed by atoms with Crippen molar-refractivity contribution in [2.24, 2.45) is 0 Å². The van der Waals surface area contributed by atoms with Crippen LogP contribution >= 0.6 is 0 Å².